The smallest absolute Gasteiger partial charge is 0.252 e. The monoisotopic (exact) mass is 353 g/mol. The van der Waals surface area contributed by atoms with Gasteiger partial charge in [0.15, 0.2) is 0 Å². The van der Waals surface area contributed by atoms with Crippen LogP contribution in [0.4, 0.5) is 0 Å². The fourth-order valence-electron chi connectivity index (χ4n) is 1.66. The van der Waals surface area contributed by atoms with Crippen LogP contribution in [0.2, 0.25) is 10.2 Å². The van der Waals surface area contributed by atoms with Crippen LogP contribution in [0.3, 0.4) is 0 Å². The largest absolute Gasteiger partial charge is 0.352 e. The highest BCUT2D eigenvalue weighted by Gasteiger charge is 2.14. The van der Waals surface area contributed by atoms with Gasteiger partial charge in [0.1, 0.15) is 5.15 Å². The first-order valence-corrected chi connectivity index (χ1v) is 8.90. The number of halogens is 2. The molecule has 1 rings (SSSR count). The van der Waals surface area contributed by atoms with Gasteiger partial charge in [-0.3, -0.25) is 4.79 Å². The predicted octanol–water partition coefficient (Wildman–Crippen LogP) is 1.79. The Morgan fingerprint density at radius 2 is 2.10 bits per heavy atom. The number of nitrogens with zero attached hydrogens (tertiary/aromatic N) is 2. The Bertz CT molecular complexity index is 608. The topological polar surface area (TPSA) is 79.4 Å². The molecule has 0 spiro atoms. The first-order chi connectivity index (χ1) is 9.75. The van der Waals surface area contributed by atoms with Gasteiger partial charge in [0.2, 0.25) is 10.0 Å². The van der Waals surface area contributed by atoms with E-state index in [2.05, 4.69) is 10.3 Å². The number of hydrogen-bond donors (Lipinski definition) is 1. The van der Waals surface area contributed by atoms with E-state index < -0.39 is 10.0 Å². The zero-order valence-electron chi connectivity index (χ0n) is 11.8. The molecule has 0 aliphatic heterocycles. The van der Waals surface area contributed by atoms with E-state index in [9.17, 15) is 13.2 Å². The van der Waals surface area contributed by atoms with E-state index in [0.717, 1.165) is 6.26 Å². The molecule has 0 atom stereocenters. The zero-order chi connectivity index (χ0) is 16.0. The van der Waals surface area contributed by atoms with Crippen molar-refractivity contribution in [3.8, 4) is 0 Å². The third-order valence-corrected chi connectivity index (χ3v) is 4.81. The van der Waals surface area contributed by atoms with Crippen molar-refractivity contribution in [1.82, 2.24) is 14.6 Å². The Hall–Kier alpha value is -0.890. The van der Waals surface area contributed by atoms with Gasteiger partial charge in [-0.15, -0.1) is 0 Å². The summed E-state index contributed by atoms with van der Waals surface area (Å²) < 4.78 is 24.1. The molecule has 1 aromatic heterocycles. The maximum atomic E-state index is 11.8. The summed E-state index contributed by atoms with van der Waals surface area (Å²) in [4.78, 5) is 15.6. The molecule has 1 amide bonds. The van der Waals surface area contributed by atoms with Gasteiger partial charge in [0.05, 0.1) is 16.8 Å². The number of carbonyl (C=O) groups excluding carboxylic acids is 1. The molecule has 0 aliphatic carbocycles. The Labute approximate surface area is 134 Å². The molecule has 0 saturated carbocycles. The molecule has 1 aromatic rings. The fourth-order valence-corrected chi connectivity index (χ4v) is 2.86. The van der Waals surface area contributed by atoms with Crippen LogP contribution >= 0.6 is 23.2 Å². The van der Waals surface area contributed by atoms with Gasteiger partial charge in [-0.05, 0) is 12.5 Å². The van der Waals surface area contributed by atoms with Crippen molar-refractivity contribution in [2.75, 3.05) is 25.9 Å². The number of hydrogen-bond acceptors (Lipinski definition) is 4. The summed E-state index contributed by atoms with van der Waals surface area (Å²) in [5.41, 5.74) is 0.305. The lowest BCUT2D eigenvalue weighted by Crippen LogP contribution is -2.33. The van der Waals surface area contributed by atoms with Gasteiger partial charge in [0.25, 0.3) is 5.91 Å². The summed E-state index contributed by atoms with van der Waals surface area (Å²) in [6.45, 7) is 2.88. The second-order valence-corrected chi connectivity index (χ2v) is 7.11. The summed E-state index contributed by atoms with van der Waals surface area (Å²) in [6, 6.07) is 1.43. The van der Waals surface area contributed by atoms with Gasteiger partial charge in [-0.1, -0.05) is 30.1 Å². The van der Waals surface area contributed by atoms with Crippen LogP contribution in [-0.2, 0) is 10.0 Å². The van der Waals surface area contributed by atoms with Crippen LogP contribution in [0.5, 0.6) is 0 Å². The molecule has 9 heteroatoms. The first-order valence-electron chi connectivity index (χ1n) is 6.30. The summed E-state index contributed by atoms with van der Waals surface area (Å²) in [6.07, 6.45) is 3.01. The van der Waals surface area contributed by atoms with Crippen molar-refractivity contribution >= 4 is 39.1 Å². The van der Waals surface area contributed by atoms with Crippen LogP contribution < -0.4 is 5.32 Å². The minimum Gasteiger partial charge on any atom is -0.352 e. The third kappa shape index (κ3) is 5.78. The molecular weight excluding hydrogens is 337 g/mol. The number of rotatable bonds is 7. The molecule has 1 N–H and O–H groups in total. The van der Waals surface area contributed by atoms with Crippen LogP contribution in [-0.4, -0.2) is 49.5 Å². The fraction of sp³-hybridized carbons (Fsp3) is 0.500. The number of carbonyl (C=O) groups is 1. The van der Waals surface area contributed by atoms with E-state index in [1.807, 2.05) is 0 Å². The number of aromatic nitrogens is 1. The molecule has 0 fully saturated rings. The normalized spacial score (nSPS) is 11.7. The molecule has 0 aromatic carbocycles. The molecule has 6 nitrogen and oxygen atoms in total. The van der Waals surface area contributed by atoms with Gasteiger partial charge >= 0.3 is 0 Å². The highest BCUT2D eigenvalue weighted by atomic mass is 35.5. The van der Waals surface area contributed by atoms with Crippen LogP contribution in [0, 0.1) is 0 Å². The maximum Gasteiger partial charge on any atom is 0.252 e. The summed E-state index contributed by atoms with van der Waals surface area (Å²) in [5, 5.41) is 3.02. The molecule has 0 unspecified atom stereocenters. The first kappa shape index (κ1) is 18.2. The minimum absolute atomic E-state index is 0.139. The second kappa shape index (κ2) is 7.93. The molecule has 21 heavy (non-hydrogen) atoms. The molecule has 0 aliphatic rings. The van der Waals surface area contributed by atoms with Gasteiger partial charge in [-0.2, -0.15) is 0 Å². The Morgan fingerprint density at radius 1 is 1.43 bits per heavy atom. The lowest BCUT2D eigenvalue weighted by Gasteiger charge is -2.17. The predicted molar refractivity (Wildman–Crippen MR) is 83.3 cm³/mol. The summed E-state index contributed by atoms with van der Waals surface area (Å²) >= 11 is 11.5. The van der Waals surface area contributed by atoms with Crippen molar-refractivity contribution in [3.05, 3.63) is 28.0 Å². The molecule has 0 radical (unpaired) electrons. The average Bonchev–Trinajstić information content (AvgIpc) is 2.40. The van der Waals surface area contributed by atoms with Crippen molar-refractivity contribution < 1.29 is 13.2 Å². The zero-order valence-corrected chi connectivity index (χ0v) is 14.1. The maximum absolute atomic E-state index is 11.8. The van der Waals surface area contributed by atoms with Crippen molar-refractivity contribution in [1.29, 1.82) is 0 Å². The van der Waals surface area contributed by atoms with E-state index in [0.29, 0.717) is 31.6 Å². The number of sulfonamides is 1. The molecule has 118 valence electrons. The molecular formula is C12H17Cl2N3O3S. The van der Waals surface area contributed by atoms with Crippen molar-refractivity contribution in [2.24, 2.45) is 0 Å². The number of amides is 1. The SMILES string of the molecule is CCN(CCCNC(=O)c1cnc(Cl)c(Cl)c1)S(C)(=O)=O. The number of nitrogens with one attached hydrogen (secondary N) is 1. The third-order valence-electron chi connectivity index (χ3n) is 2.75. The van der Waals surface area contributed by atoms with E-state index in [1.165, 1.54) is 16.6 Å². The Kier molecular flexibility index (Phi) is 6.86. The van der Waals surface area contributed by atoms with E-state index in [1.54, 1.807) is 6.92 Å². The average molecular weight is 354 g/mol. The van der Waals surface area contributed by atoms with Gasteiger partial charge in [-0.25, -0.2) is 17.7 Å². The van der Waals surface area contributed by atoms with E-state index >= 15 is 0 Å². The summed E-state index contributed by atoms with van der Waals surface area (Å²) in [7, 11) is -3.20. The van der Waals surface area contributed by atoms with E-state index in [4.69, 9.17) is 23.2 Å². The highest BCUT2D eigenvalue weighted by Crippen LogP contribution is 2.19. The molecule has 0 saturated heterocycles. The summed E-state index contributed by atoms with van der Waals surface area (Å²) in [5.74, 6) is -0.330. The van der Waals surface area contributed by atoms with E-state index in [-0.39, 0.29) is 16.1 Å². The second-order valence-electron chi connectivity index (χ2n) is 4.36. The standard InChI is InChI=1S/C12H17Cl2N3O3S/c1-3-17(21(2,19)20)6-4-5-15-12(18)9-7-10(13)11(14)16-8-9/h7-8H,3-6H2,1-2H3,(H,15,18). The van der Waals surface area contributed by atoms with Crippen LogP contribution in [0.25, 0.3) is 0 Å². The number of pyridine rings is 1. The minimum atomic E-state index is -3.20. The van der Waals surface area contributed by atoms with Crippen LogP contribution in [0.1, 0.15) is 23.7 Å². The van der Waals surface area contributed by atoms with Gasteiger partial charge < -0.3 is 5.32 Å². The molecule has 1 heterocycles. The highest BCUT2D eigenvalue weighted by molar-refractivity contribution is 7.88. The van der Waals surface area contributed by atoms with Crippen molar-refractivity contribution in [2.45, 2.75) is 13.3 Å². The van der Waals surface area contributed by atoms with Gasteiger partial charge in [0, 0.05) is 25.8 Å². The lowest BCUT2D eigenvalue weighted by atomic mass is 10.2. The van der Waals surface area contributed by atoms with Crippen molar-refractivity contribution in [3.63, 3.8) is 0 Å². The Morgan fingerprint density at radius 3 is 2.62 bits per heavy atom. The van der Waals surface area contributed by atoms with Crippen LogP contribution in [0.15, 0.2) is 12.3 Å². The Balaban J connectivity index is 2.45. The quantitative estimate of drug-likeness (QED) is 0.598. The lowest BCUT2D eigenvalue weighted by molar-refractivity contribution is 0.0952. The molecule has 0 bridgehead atoms.